The van der Waals surface area contributed by atoms with Gasteiger partial charge < -0.3 is 0 Å². The SMILES string of the molecule is Cc1cc(C)c2ccc3c4c2c1C(C1=CC=CC1)C(=O)C4C1=C(C=CC1)C3. The molecular formula is C26H22O. The van der Waals surface area contributed by atoms with Crippen LogP contribution in [0, 0.1) is 13.8 Å². The van der Waals surface area contributed by atoms with Gasteiger partial charge in [-0.3, -0.25) is 4.79 Å². The van der Waals surface area contributed by atoms with Crippen LogP contribution in [0.2, 0.25) is 0 Å². The Hall–Kier alpha value is -2.67. The molecule has 4 aliphatic rings. The highest BCUT2D eigenvalue weighted by molar-refractivity contribution is 6.10. The molecule has 0 saturated heterocycles. The summed E-state index contributed by atoms with van der Waals surface area (Å²) < 4.78 is 0. The summed E-state index contributed by atoms with van der Waals surface area (Å²) in [4.78, 5) is 14.0. The fraction of sp³-hybridized carbons (Fsp3) is 0.269. The predicted octanol–water partition coefficient (Wildman–Crippen LogP) is 5.91. The van der Waals surface area contributed by atoms with Gasteiger partial charge in [-0.2, -0.15) is 0 Å². The zero-order valence-electron chi connectivity index (χ0n) is 15.8. The van der Waals surface area contributed by atoms with Gasteiger partial charge in [-0.05, 0) is 82.8 Å². The van der Waals surface area contributed by atoms with Crippen molar-refractivity contribution in [3.05, 3.63) is 93.1 Å². The predicted molar refractivity (Wildman–Crippen MR) is 110 cm³/mol. The van der Waals surface area contributed by atoms with Crippen molar-refractivity contribution in [3.8, 4) is 0 Å². The Morgan fingerprint density at radius 2 is 1.85 bits per heavy atom. The first-order valence-corrected chi connectivity index (χ1v) is 9.98. The summed E-state index contributed by atoms with van der Waals surface area (Å²) in [7, 11) is 0. The molecule has 132 valence electrons. The summed E-state index contributed by atoms with van der Waals surface area (Å²) in [6.45, 7) is 4.40. The Bertz CT molecular complexity index is 1180. The van der Waals surface area contributed by atoms with Crippen molar-refractivity contribution >= 4 is 16.6 Å². The van der Waals surface area contributed by atoms with E-state index in [-0.39, 0.29) is 11.8 Å². The van der Waals surface area contributed by atoms with Crippen molar-refractivity contribution in [2.24, 2.45) is 0 Å². The zero-order chi connectivity index (χ0) is 18.3. The molecule has 27 heavy (non-hydrogen) atoms. The molecule has 0 heterocycles. The van der Waals surface area contributed by atoms with Gasteiger partial charge >= 0.3 is 0 Å². The number of carbonyl (C=O) groups is 1. The van der Waals surface area contributed by atoms with Gasteiger partial charge in [0.15, 0.2) is 5.78 Å². The van der Waals surface area contributed by atoms with Crippen LogP contribution < -0.4 is 0 Å². The van der Waals surface area contributed by atoms with Crippen molar-refractivity contribution in [2.75, 3.05) is 0 Å². The quantitative estimate of drug-likeness (QED) is 0.625. The molecule has 0 saturated carbocycles. The van der Waals surface area contributed by atoms with E-state index in [1.165, 1.54) is 55.3 Å². The number of hydrogen-bond acceptors (Lipinski definition) is 1. The molecule has 6 rings (SSSR count). The maximum Gasteiger partial charge on any atom is 0.155 e. The lowest BCUT2D eigenvalue weighted by atomic mass is 9.64. The van der Waals surface area contributed by atoms with Crippen LogP contribution in [0.15, 0.2) is 65.3 Å². The number of ketones is 1. The highest BCUT2D eigenvalue weighted by Gasteiger charge is 2.44. The topological polar surface area (TPSA) is 17.1 Å². The van der Waals surface area contributed by atoms with E-state index in [4.69, 9.17) is 0 Å². The number of rotatable bonds is 1. The maximum atomic E-state index is 14.0. The number of hydrogen-bond donors (Lipinski definition) is 0. The van der Waals surface area contributed by atoms with Gasteiger partial charge in [-0.15, -0.1) is 0 Å². The standard InChI is InChI=1S/C26H22O/c1-14-12-15(2)21-23(16-6-3-4-7-16)26(27)25-20-9-5-8-17(20)13-18-10-11-19(14)24(21)22(18)25/h3-6,8,10-12,23,25H,7,9,13H2,1-2H3. The van der Waals surface area contributed by atoms with Crippen molar-refractivity contribution in [3.63, 3.8) is 0 Å². The molecule has 2 aromatic carbocycles. The summed E-state index contributed by atoms with van der Waals surface area (Å²) in [6, 6.07) is 6.84. The third kappa shape index (κ3) is 1.87. The molecule has 0 radical (unpaired) electrons. The van der Waals surface area contributed by atoms with E-state index < -0.39 is 0 Å². The van der Waals surface area contributed by atoms with E-state index >= 15 is 0 Å². The lowest BCUT2D eigenvalue weighted by Gasteiger charge is -2.38. The van der Waals surface area contributed by atoms with Crippen LogP contribution in [0.5, 0.6) is 0 Å². The minimum absolute atomic E-state index is 0.0531. The first-order valence-electron chi connectivity index (χ1n) is 9.98. The fourth-order valence-corrected chi connectivity index (χ4v) is 5.91. The highest BCUT2D eigenvalue weighted by atomic mass is 16.1. The average Bonchev–Trinajstić information content (AvgIpc) is 3.33. The molecule has 0 spiro atoms. The molecule has 0 fully saturated rings. The smallest absolute Gasteiger partial charge is 0.155 e. The van der Waals surface area contributed by atoms with Crippen molar-refractivity contribution < 1.29 is 4.79 Å². The first kappa shape index (κ1) is 15.4. The highest BCUT2D eigenvalue weighted by Crippen LogP contribution is 2.54. The number of benzene rings is 2. The van der Waals surface area contributed by atoms with E-state index in [1.807, 2.05) is 0 Å². The van der Waals surface area contributed by atoms with Crippen LogP contribution in [-0.2, 0) is 11.2 Å². The largest absolute Gasteiger partial charge is 0.298 e. The summed E-state index contributed by atoms with van der Waals surface area (Å²) in [5, 5.41) is 2.71. The summed E-state index contributed by atoms with van der Waals surface area (Å²) in [6.07, 6.45) is 13.8. The molecule has 1 nitrogen and oxygen atoms in total. The van der Waals surface area contributed by atoms with Crippen LogP contribution in [0.25, 0.3) is 10.8 Å². The average molecular weight is 350 g/mol. The number of allylic oxidation sites excluding steroid dienone is 8. The molecule has 2 unspecified atom stereocenters. The Labute approximate surface area is 159 Å². The second-order valence-electron chi connectivity index (χ2n) is 8.46. The van der Waals surface area contributed by atoms with Gasteiger partial charge in [0.05, 0.1) is 11.8 Å². The van der Waals surface area contributed by atoms with Crippen molar-refractivity contribution in [2.45, 2.75) is 44.9 Å². The third-order valence-corrected chi connectivity index (χ3v) is 7.00. The molecule has 0 aromatic heterocycles. The van der Waals surface area contributed by atoms with Gasteiger partial charge in [0.2, 0.25) is 0 Å². The van der Waals surface area contributed by atoms with Crippen LogP contribution in [-0.4, -0.2) is 5.78 Å². The van der Waals surface area contributed by atoms with E-state index in [1.54, 1.807) is 0 Å². The molecule has 2 atom stereocenters. The Morgan fingerprint density at radius 3 is 2.67 bits per heavy atom. The lowest BCUT2D eigenvalue weighted by Crippen LogP contribution is -2.31. The maximum absolute atomic E-state index is 14.0. The van der Waals surface area contributed by atoms with Crippen LogP contribution in [0.1, 0.15) is 52.5 Å². The Balaban J connectivity index is 1.76. The van der Waals surface area contributed by atoms with Gasteiger partial charge in [-0.1, -0.05) is 54.2 Å². The summed E-state index contributed by atoms with van der Waals surface area (Å²) in [5.74, 6) is 0.250. The van der Waals surface area contributed by atoms with Gasteiger partial charge in [0.1, 0.15) is 0 Å². The molecule has 0 aliphatic heterocycles. The Morgan fingerprint density at radius 1 is 0.963 bits per heavy atom. The lowest BCUT2D eigenvalue weighted by molar-refractivity contribution is -0.120. The second-order valence-corrected chi connectivity index (χ2v) is 8.46. The molecule has 2 aromatic rings. The van der Waals surface area contributed by atoms with Gasteiger partial charge in [0.25, 0.3) is 0 Å². The monoisotopic (exact) mass is 350 g/mol. The normalized spacial score (nSPS) is 24.8. The fourth-order valence-electron chi connectivity index (χ4n) is 5.91. The second kappa shape index (κ2) is 5.19. The molecule has 0 bridgehead atoms. The minimum Gasteiger partial charge on any atom is -0.298 e. The summed E-state index contributed by atoms with van der Waals surface area (Å²) in [5.41, 5.74) is 10.6. The molecule has 0 amide bonds. The van der Waals surface area contributed by atoms with E-state index in [0.717, 1.165) is 19.3 Å². The Kier molecular flexibility index (Phi) is 2.96. The van der Waals surface area contributed by atoms with Crippen molar-refractivity contribution in [1.82, 2.24) is 0 Å². The third-order valence-electron chi connectivity index (χ3n) is 7.00. The number of carbonyl (C=O) groups excluding carboxylic acids is 1. The van der Waals surface area contributed by atoms with E-state index in [2.05, 4.69) is 62.4 Å². The molecule has 4 aliphatic carbocycles. The van der Waals surface area contributed by atoms with Gasteiger partial charge in [0, 0.05) is 0 Å². The number of Topliss-reactive ketones (excluding diaryl/α,β-unsaturated/α-hetero) is 1. The van der Waals surface area contributed by atoms with E-state index in [9.17, 15) is 4.79 Å². The van der Waals surface area contributed by atoms with Gasteiger partial charge in [-0.25, -0.2) is 0 Å². The first-order chi connectivity index (χ1) is 13.1. The number of aryl methyl sites for hydroxylation is 2. The molecule has 0 N–H and O–H groups in total. The van der Waals surface area contributed by atoms with Crippen LogP contribution >= 0.6 is 0 Å². The summed E-state index contributed by atoms with van der Waals surface area (Å²) >= 11 is 0. The number of fused-ring (bicyclic) bond motifs is 1. The van der Waals surface area contributed by atoms with Crippen LogP contribution in [0.4, 0.5) is 0 Å². The van der Waals surface area contributed by atoms with E-state index in [0.29, 0.717) is 5.78 Å². The zero-order valence-corrected chi connectivity index (χ0v) is 15.8. The molecule has 1 heteroatoms. The molecular weight excluding hydrogens is 328 g/mol. The van der Waals surface area contributed by atoms with Crippen molar-refractivity contribution in [1.29, 1.82) is 0 Å². The van der Waals surface area contributed by atoms with Crippen LogP contribution in [0.3, 0.4) is 0 Å². The minimum atomic E-state index is -0.0942.